The van der Waals surface area contributed by atoms with E-state index in [1.54, 1.807) is 0 Å². The average molecular weight is 294 g/mol. The lowest BCUT2D eigenvalue weighted by atomic mass is 10.3. The Morgan fingerprint density at radius 3 is 2.75 bits per heavy atom. The highest BCUT2D eigenvalue weighted by Crippen LogP contribution is 2.28. The van der Waals surface area contributed by atoms with Crippen LogP contribution < -0.4 is 14.8 Å². The van der Waals surface area contributed by atoms with Crippen molar-refractivity contribution in [1.82, 2.24) is 9.97 Å². The van der Waals surface area contributed by atoms with Crippen molar-refractivity contribution in [3.05, 3.63) is 41.8 Å². The van der Waals surface area contributed by atoms with Crippen LogP contribution in [0.2, 0.25) is 5.15 Å². The second kappa shape index (κ2) is 7.55. The summed E-state index contributed by atoms with van der Waals surface area (Å²) in [4.78, 5) is 7.95. The van der Waals surface area contributed by atoms with Crippen LogP contribution in [0.5, 0.6) is 11.5 Å². The normalized spacial score (nSPS) is 10.1. The maximum Gasteiger partial charge on any atom is 0.198 e. The molecule has 2 rings (SSSR count). The fourth-order valence-corrected chi connectivity index (χ4v) is 1.86. The predicted octanol–water partition coefficient (Wildman–Crippen LogP) is 3.02. The highest BCUT2D eigenvalue weighted by atomic mass is 35.5. The van der Waals surface area contributed by atoms with Crippen molar-refractivity contribution in [3.8, 4) is 11.5 Å². The number of halogens is 1. The van der Waals surface area contributed by atoms with Gasteiger partial charge >= 0.3 is 0 Å². The lowest BCUT2D eigenvalue weighted by molar-refractivity contribution is 0.315. The third kappa shape index (κ3) is 3.99. The molecule has 0 saturated heterocycles. The number of methoxy groups -OCH3 is 1. The molecular weight excluding hydrogens is 278 g/mol. The van der Waals surface area contributed by atoms with Crippen molar-refractivity contribution in [2.24, 2.45) is 0 Å². The third-order valence-electron chi connectivity index (χ3n) is 2.59. The summed E-state index contributed by atoms with van der Waals surface area (Å²) in [5.74, 6) is 1.92. The van der Waals surface area contributed by atoms with E-state index < -0.39 is 0 Å². The van der Waals surface area contributed by atoms with Crippen LogP contribution in [0.15, 0.2) is 36.7 Å². The summed E-state index contributed by atoms with van der Waals surface area (Å²) in [6, 6.07) is 9.71. The molecule has 0 amide bonds. The van der Waals surface area contributed by atoms with E-state index in [4.69, 9.17) is 21.1 Å². The Morgan fingerprint density at radius 1 is 1.20 bits per heavy atom. The number of nitrogens with one attached hydrogen (secondary N) is 1. The molecule has 0 aliphatic carbocycles. The minimum absolute atomic E-state index is 0.297. The van der Waals surface area contributed by atoms with Crippen LogP contribution >= 0.6 is 11.6 Å². The van der Waals surface area contributed by atoms with Crippen molar-refractivity contribution < 1.29 is 9.47 Å². The molecule has 0 unspecified atom stereocenters. The molecule has 1 aromatic heterocycles. The van der Waals surface area contributed by atoms with Crippen LogP contribution in [0.1, 0.15) is 6.42 Å². The van der Waals surface area contributed by atoms with Crippen molar-refractivity contribution in [3.63, 3.8) is 0 Å². The van der Waals surface area contributed by atoms with Gasteiger partial charge in [0.05, 0.1) is 13.7 Å². The van der Waals surface area contributed by atoms with Gasteiger partial charge in [-0.15, -0.1) is 0 Å². The molecule has 0 aliphatic heterocycles. The van der Waals surface area contributed by atoms with Gasteiger partial charge in [0.15, 0.2) is 16.7 Å². The van der Waals surface area contributed by atoms with Gasteiger partial charge in [-0.3, -0.25) is 0 Å². The third-order valence-corrected chi connectivity index (χ3v) is 2.86. The van der Waals surface area contributed by atoms with Crippen LogP contribution in [0, 0.1) is 0 Å². The molecule has 1 heterocycles. The molecule has 0 radical (unpaired) electrons. The van der Waals surface area contributed by atoms with Crippen LogP contribution in [-0.4, -0.2) is 30.2 Å². The Hall–Kier alpha value is -2.01. The number of rotatable bonds is 7. The first-order valence-electron chi connectivity index (χ1n) is 6.27. The maximum atomic E-state index is 5.91. The van der Waals surface area contributed by atoms with Gasteiger partial charge in [0.2, 0.25) is 0 Å². The molecular formula is C14H16ClN3O2. The van der Waals surface area contributed by atoms with E-state index in [-0.39, 0.29) is 0 Å². The SMILES string of the molecule is COc1c(Cl)ncnc1NCCCOc1ccccc1. The zero-order valence-electron chi connectivity index (χ0n) is 11.2. The molecule has 2 aromatic rings. The van der Waals surface area contributed by atoms with Crippen molar-refractivity contribution in [1.29, 1.82) is 0 Å². The zero-order chi connectivity index (χ0) is 14.2. The Bertz CT molecular complexity index is 537. The number of benzene rings is 1. The molecule has 0 spiro atoms. The van der Waals surface area contributed by atoms with Gasteiger partial charge in [-0.1, -0.05) is 29.8 Å². The average Bonchev–Trinajstić information content (AvgIpc) is 2.48. The van der Waals surface area contributed by atoms with Crippen molar-refractivity contribution >= 4 is 17.4 Å². The lowest BCUT2D eigenvalue weighted by Crippen LogP contribution is -2.09. The minimum atomic E-state index is 0.297. The number of nitrogens with zero attached hydrogens (tertiary/aromatic N) is 2. The smallest absolute Gasteiger partial charge is 0.198 e. The highest BCUT2D eigenvalue weighted by Gasteiger charge is 2.09. The standard InChI is InChI=1S/C14H16ClN3O2/c1-19-12-13(15)17-10-18-14(12)16-8-5-9-20-11-6-3-2-4-7-11/h2-4,6-7,10H,5,8-9H2,1H3,(H,16,17,18). The van der Waals surface area contributed by atoms with Crippen LogP contribution in [-0.2, 0) is 0 Å². The fourth-order valence-electron chi connectivity index (χ4n) is 1.64. The van der Waals surface area contributed by atoms with Gasteiger partial charge in [0, 0.05) is 6.54 Å². The van der Waals surface area contributed by atoms with E-state index in [2.05, 4.69) is 15.3 Å². The summed E-state index contributed by atoms with van der Waals surface area (Å²) in [7, 11) is 1.54. The van der Waals surface area contributed by atoms with Gasteiger partial charge in [-0.05, 0) is 18.6 Å². The summed E-state index contributed by atoms with van der Waals surface area (Å²) in [6.07, 6.45) is 2.23. The van der Waals surface area contributed by atoms with Crippen LogP contribution in [0.3, 0.4) is 0 Å². The molecule has 106 valence electrons. The Kier molecular flexibility index (Phi) is 5.43. The van der Waals surface area contributed by atoms with E-state index in [0.717, 1.165) is 12.2 Å². The first-order valence-corrected chi connectivity index (χ1v) is 6.65. The van der Waals surface area contributed by atoms with Crippen molar-refractivity contribution in [2.75, 3.05) is 25.6 Å². The van der Waals surface area contributed by atoms with E-state index in [1.807, 2.05) is 30.3 Å². The zero-order valence-corrected chi connectivity index (χ0v) is 11.9. The van der Waals surface area contributed by atoms with E-state index >= 15 is 0 Å². The number of hydrogen-bond donors (Lipinski definition) is 1. The molecule has 1 N–H and O–H groups in total. The van der Waals surface area contributed by atoms with E-state index in [9.17, 15) is 0 Å². The highest BCUT2D eigenvalue weighted by molar-refractivity contribution is 6.31. The molecule has 0 bridgehead atoms. The monoisotopic (exact) mass is 293 g/mol. The van der Waals surface area contributed by atoms with E-state index in [1.165, 1.54) is 13.4 Å². The Balaban J connectivity index is 1.75. The summed E-state index contributed by atoms with van der Waals surface area (Å²) in [6.45, 7) is 1.33. The second-order valence-corrected chi connectivity index (χ2v) is 4.35. The number of hydrogen-bond acceptors (Lipinski definition) is 5. The van der Waals surface area contributed by atoms with Gasteiger partial charge in [0.25, 0.3) is 0 Å². The first-order chi connectivity index (χ1) is 9.81. The lowest BCUT2D eigenvalue weighted by Gasteiger charge is -2.10. The van der Waals surface area contributed by atoms with Crippen LogP contribution in [0.4, 0.5) is 5.82 Å². The van der Waals surface area contributed by atoms with Gasteiger partial charge in [-0.2, -0.15) is 0 Å². The quantitative estimate of drug-likeness (QED) is 0.628. The van der Waals surface area contributed by atoms with Gasteiger partial charge < -0.3 is 14.8 Å². The van der Waals surface area contributed by atoms with Gasteiger partial charge in [0.1, 0.15) is 12.1 Å². The summed E-state index contributed by atoms with van der Waals surface area (Å²) < 4.78 is 10.7. The molecule has 1 aromatic carbocycles. The molecule has 0 atom stereocenters. The van der Waals surface area contributed by atoms with Crippen molar-refractivity contribution in [2.45, 2.75) is 6.42 Å². The summed E-state index contributed by atoms with van der Waals surface area (Å²) in [5.41, 5.74) is 0. The summed E-state index contributed by atoms with van der Waals surface area (Å²) in [5, 5.41) is 3.45. The molecule has 20 heavy (non-hydrogen) atoms. The maximum absolute atomic E-state index is 5.91. The minimum Gasteiger partial charge on any atom is -0.494 e. The number of ether oxygens (including phenoxy) is 2. The summed E-state index contributed by atoms with van der Waals surface area (Å²) >= 11 is 5.91. The number of anilines is 1. The first kappa shape index (κ1) is 14.4. The largest absolute Gasteiger partial charge is 0.494 e. The van der Waals surface area contributed by atoms with Gasteiger partial charge in [-0.25, -0.2) is 9.97 Å². The van der Waals surface area contributed by atoms with Crippen LogP contribution in [0.25, 0.3) is 0 Å². The topological polar surface area (TPSA) is 56.3 Å². The Morgan fingerprint density at radius 2 is 2.00 bits per heavy atom. The molecule has 0 saturated carbocycles. The van der Waals surface area contributed by atoms with E-state index in [0.29, 0.717) is 29.9 Å². The molecule has 0 aliphatic rings. The molecule has 6 heteroatoms. The number of aromatic nitrogens is 2. The molecule has 0 fully saturated rings. The second-order valence-electron chi connectivity index (χ2n) is 3.99. The molecule has 5 nitrogen and oxygen atoms in total. The fraction of sp³-hybridized carbons (Fsp3) is 0.286. The Labute approximate surface area is 122 Å². The predicted molar refractivity (Wildman–Crippen MR) is 78.6 cm³/mol. The number of para-hydroxylation sites is 1.